The van der Waals surface area contributed by atoms with Crippen molar-refractivity contribution in [2.24, 2.45) is 0 Å². The average molecular weight is 915 g/mol. The summed E-state index contributed by atoms with van der Waals surface area (Å²) in [6, 6.07) is 30.1. The standard InChI is InChI=1S/C35H36N6O4.C17H14N2O4/c1-43-27-7-4-24(5-8-27)22-40-14-16-41(17-15-40)23-25-6-11-32(38-21-25)39-35(42)31-10-9-30(33-34(31)37-13-12-36-33)26-18-28(44-2)20-29(19-26)45-3;1-22-11-7-10(8-12(9-11)23-2)13-3-4-14(17(20)21)16-15(13)18-5-6-19-16/h4-13,18-21H,14-17,22-23H2,1-3H3,(H,38,39,42);3-9H,1-2H3,(H,20,21). The van der Waals surface area contributed by atoms with Crippen molar-refractivity contribution in [3.63, 3.8) is 0 Å². The van der Waals surface area contributed by atoms with Gasteiger partial charge in [-0.1, -0.05) is 30.3 Å². The number of rotatable bonds is 14. The minimum atomic E-state index is -1.04. The lowest BCUT2D eigenvalue weighted by molar-refractivity contribution is 0.0698. The Morgan fingerprint density at radius 1 is 0.500 bits per heavy atom. The SMILES string of the molecule is COc1cc(OC)cc(-c2ccc(C(=O)O)c3nccnc23)c1.COc1ccc(CN2CCN(Cc3ccc(NC(=O)c4ccc(-c5cc(OC)cc(OC)c5)c5nccnc45)nc3)CC2)cc1. The number of nitrogens with one attached hydrogen (secondary N) is 1. The van der Waals surface area contributed by atoms with Crippen LogP contribution in [0.5, 0.6) is 28.7 Å². The third kappa shape index (κ3) is 10.7. The summed E-state index contributed by atoms with van der Waals surface area (Å²) < 4.78 is 26.7. The molecule has 1 aliphatic heterocycles. The Bertz CT molecular complexity index is 3010. The predicted octanol–water partition coefficient (Wildman–Crippen LogP) is 8.30. The van der Waals surface area contributed by atoms with Crippen LogP contribution in [0.15, 0.2) is 128 Å². The van der Waals surface area contributed by atoms with Crippen LogP contribution in [0, 0.1) is 0 Å². The Hall–Kier alpha value is -8.21. The van der Waals surface area contributed by atoms with Gasteiger partial charge in [-0.2, -0.15) is 0 Å². The zero-order chi connectivity index (χ0) is 47.6. The molecule has 5 aromatic carbocycles. The lowest BCUT2D eigenvalue weighted by atomic mass is 10.00. The minimum absolute atomic E-state index is 0.117. The molecule has 8 aromatic rings. The van der Waals surface area contributed by atoms with E-state index in [-0.39, 0.29) is 11.5 Å². The fraction of sp³-hybridized carbons (Fsp3) is 0.212. The number of hydrogen-bond donors (Lipinski definition) is 2. The summed E-state index contributed by atoms with van der Waals surface area (Å²) in [4.78, 5) is 51.7. The zero-order valence-electron chi connectivity index (χ0n) is 38.3. The highest BCUT2D eigenvalue weighted by molar-refractivity contribution is 6.13. The number of aromatic carboxylic acids is 1. The van der Waals surface area contributed by atoms with Crippen LogP contribution in [0.1, 0.15) is 31.8 Å². The maximum Gasteiger partial charge on any atom is 0.337 e. The molecule has 16 heteroatoms. The van der Waals surface area contributed by atoms with Crippen molar-refractivity contribution in [3.8, 4) is 51.0 Å². The number of carboxylic acid groups (broad SMARTS) is 1. The topological polar surface area (TPSA) is 183 Å². The largest absolute Gasteiger partial charge is 0.497 e. The highest BCUT2D eigenvalue weighted by Gasteiger charge is 2.20. The number of carbonyl (C=O) groups excluding carboxylic acids is 1. The van der Waals surface area contributed by atoms with Gasteiger partial charge in [0.15, 0.2) is 0 Å². The van der Waals surface area contributed by atoms with Gasteiger partial charge in [-0.25, -0.2) is 9.78 Å². The van der Waals surface area contributed by atoms with E-state index in [0.29, 0.717) is 56.4 Å². The predicted molar refractivity (Wildman–Crippen MR) is 259 cm³/mol. The number of ether oxygens (including phenoxy) is 5. The second-order valence-corrected chi connectivity index (χ2v) is 15.7. The molecule has 68 heavy (non-hydrogen) atoms. The van der Waals surface area contributed by atoms with Crippen molar-refractivity contribution in [1.82, 2.24) is 34.7 Å². The maximum absolute atomic E-state index is 13.4. The lowest BCUT2D eigenvalue weighted by Gasteiger charge is -2.34. The summed E-state index contributed by atoms with van der Waals surface area (Å²) in [7, 11) is 8.05. The molecule has 346 valence electrons. The van der Waals surface area contributed by atoms with Gasteiger partial charge >= 0.3 is 5.97 Å². The Kier molecular flexibility index (Phi) is 14.6. The molecule has 3 aromatic heterocycles. The molecular weight excluding hydrogens is 865 g/mol. The van der Waals surface area contributed by atoms with Crippen LogP contribution in [-0.4, -0.2) is 113 Å². The highest BCUT2D eigenvalue weighted by atomic mass is 16.5. The maximum atomic E-state index is 13.4. The quantitative estimate of drug-likeness (QED) is 0.106. The Balaban J connectivity index is 0.000000227. The number of nitrogens with zero attached hydrogens (tertiary/aromatic N) is 7. The number of anilines is 1. The van der Waals surface area contributed by atoms with Crippen molar-refractivity contribution in [2.75, 3.05) is 67.0 Å². The van der Waals surface area contributed by atoms with Crippen LogP contribution in [0.3, 0.4) is 0 Å². The van der Waals surface area contributed by atoms with E-state index in [4.69, 9.17) is 23.7 Å². The first-order chi connectivity index (χ1) is 33.2. The molecule has 0 bridgehead atoms. The molecule has 0 atom stereocenters. The normalized spacial score (nSPS) is 12.7. The Morgan fingerprint density at radius 2 is 0.926 bits per heavy atom. The molecule has 1 saturated heterocycles. The first-order valence-electron chi connectivity index (χ1n) is 21.7. The van der Waals surface area contributed by atoms with E-state index in [1.54, 1.807) is 66.1 Å². The molecule has 2 N–H and O–H groups in total. The van der Waals surface area contributed by atoms with E-state index in [2.05, 4.69) is 52.2 Å². The third-order valence-electron chi connectivity index (χ3n) is 11.6. The number of benzene rings is 5. The monoisotopic (exact) mass is 914 g/mol. The molecule has 0 unspecified atom stereocenters. The van der Waals surface area contributed by atoms with E-state index in [1.807, 2.05) is 66.9 Å². The highest BCUT2D eigenvalue weighted by Crippen LogP contribution is 2.36. The fourth-order valence-electron chi connectivity index (χ4n) is 7.99. The average Bonchev–Trinajstić information content (AvgIpc) is 3.39. The summed E-state index contributed by atoms with van der Waals surface area (Å²) in [6.45, 7) is 5.74. The van der Waals surface area contributed by atoms with Gasteiger partial charge < -0.3 is 34.1 Å². The molecule has 4 heterocycles. The number of carbonyl (C=O) groups is 2. The number of hydrogen-bond acceptors (Lipinski definition) is 14. The fourth-order valence-corrected chi connectivity index (χ4v) is 7.99. The molecule has 0 aliphatic carbocycles. The van der Waals surface area contributed by atoms with Crippen molar-refractivity contribution in [2.45, 2.75) is 13.1 Å². The minimum Gasteiger partial charge on any atom is -0.497 e. The van der Waals surface area contributed by atoms with Crippen molar-refractivity contribution in [3.05, 3.63) is 150 Å². The van der Waals surface area contributed by atoms with E-state index in [1.165, 1.54) is 24.0 Å². The molecule has 1 aliphatic rings. The van der Waals surface area contributed by atoms with Crippen molar-refractivity contribution >= 4 is 39.8 Å². The smallest absolute Gasteiger partial charge is 0.337 e. The number of piperazine rings is 1. The van der Waals surface area contributed by atoms with Gasteiger partial charge in [0.05, 0.1) is 57.7 Å². The van der Waals surface area contributed by atoms with Crippen molar-refractivity contribution in [1.29, 1.82) is 0 Å². The van der Waals surface area contributed by atoms with E-state index in [9.17, 15) is 14.7 Å². The number of fused-ring (bicyclic) bond motifs is 2. The summed E-state index contributed by atoms with van der Waals surface area (Å²) in [5.74, 6) is 2.61. The molecular formula is C52H50N8O8. The van der Waals surface area contributed by atoms with Crippen LogP contribution >= 0.6 is 0 Å². The van der Waals surface area contributed by atoms with Gasteiger partial charge in [0.1, 0.15) is 45.6 Å². The van der Waals surface area contributed by atoms with Crippen LogP contribution in [0.4, 0.5) is 5.82 Å². The second-order valence-electron chi connectivity index (χ2n) is 15.7. The van der Waals surface area contributed by atoms with Gasteiger partial charge in [-0.15, -0.1) is 0 Å². The van der Waals surface area contributed by atoms with Gasteiger partial charge in [-0.3, -0.25) is 34.5 Å². The first kappa shape index (κ1) is 46.3. The molecule has 9 rings (SSSR count). The molecule has 16 nitrogen and oxygen atoms in total. The Labute approximate surface area is 393 Å². The lowest BCUT2D eigenvalue weighted by Crippen LogP contribution is -2.45. The van der Waals surface area contributed by atoms with Gasteiger partial charge in [0.25, 0.3) is 5.91 Å². The van der Waals surface area contributed by atoms with Crippen LogP contribution < -0.4 is 29.0 Å². The van der Waals surface area contributed by atoms with Crippen LogP contribution in [0.25, 0.3) is 44.3 Å². The van der Waals surface area contributed by atoms with E-state index >= 15 is 0 Å². The first-order valence-corrected chi connectivity index (χ1v) is 21.7. The number of aromatic nitrogens is 5. The summed E-state index contributed by atoms with van der Waals surface area (Å²) >= 11 is 0. The van der Waals surface area contributed by atoms with Crippen molar-refractivity contribution < 1.29 is 38.4 Å². The molecule has 1 amide bonds. The zero-order valence-corrected chi connectivity index (χ0v) is 38.3. The second kappa shape index (κ2) is 21.4. The van der Waals surface area contributed by atoms with Gasteiger partial charge in [0, 0.05) is 93.5 Å². The third-order valence-corrected chi connectivity index (χ3v) is 11.6. The van der Waals surface area contributed by atoms with Crippen LogP contribution in [0.2, 0.25) is 0 Å². The molecule has 1 fully saturated rings. The summed E-state index contributed by atoms with van der Waals surface area (Å²) in [5.41, 5.74) is 8.12. The number of amides is 1. The number of carboxylic acids is 1. The summed E-state index contributed by atoms with van der Waals surface area (Å²) in [5, 5.41) is 12.2. The molecule has 0 spiro atoms. The summed E-state index contributed by atoms with van der Waals surface area (Å²) in [6.07, 6.45) is 8.04. The number of pyridine rings is 1. The number of methoxy groups -OCH3 is 5. The van der Waals surface area contributed by atoms with E-state index < -0.39 is 5.97 Å². The van der Waals surface area contributed by atoms with Gasteiger partial charge in [0.2, 0.25) is 0 Å². The van der Waals surface area contributed by atoms with Crippen LogP contribution in [-0.2, 0) is 13.1 Å². The Morgan fingerprint density at radius 3 is 1.37 bits per heavy atom. The van der Waals surface area contributed by atoms with Gasteiger partial charge in [-0.05, 0) is 76.9 Å². The van der Waals surface area contributed by atoms with E-state index in [0.717, 1.165) is 72.8 Å². The molecule has 0 saturated carbocycles. The molecule has 0 radical (unpaired) electrons.